The van der Waals surface area contributed by atoms with Gasteiger partial charge >= 0.3 is 5.97 Å². The summed E-state index contributed by atoms with van der Waals surface area (Å²) in [5, 5.41) is 20.1. The zero-order valence-electron chi connectivity index (χ0n) is 12.6. The molecule has 1 aromatic rings. The van der Waals surface area contributed by atoms with Crippen LogP contribution in [0.25, 0.3) is 0 Å². The largest absolute Gasteiger partial charge is 0.507 e. The maximum Gasteiger partial charge on any atom is 0.324 e. The number of para-hydroxylation sites is 1. The number of aliphatic carboxylic acids is 1. The smallest absolute Gasteiger partial charge is 0.324 e. The number of aromatic hydroxyl groups is 1. The van der Waals surface area contributed by atoms with E-state index in [0.29, 0.717) is 6.54 Å². The van der Waals surface area contributed by atoms with Crippen molar-refractivity contribution in [3.05, 3.63) is 29.8 Å². The van der Waals surface area contributed by atoms with Gasteiger partial charge in [-0.25, -0.2) is 0 Å². The van der Waals surface area contributed by atoms with E-state index in [-0.39, 0.29) is 17.5 Å². The van der Waals surface area contributed by atoms with Crippen LogP contribution in [0.3, 0.4) is 0 Å². The Hall–Kier alpha value is -1.18. The molecule has 1 aromatic carbocycles. The number of carbonyl (C=O) groups is 1. The van der Waals surface area contributed by atoms with Crippen LogP contribution >= 0.6 is 24.4 Å². The number of thiol groups is 1. The summed E-state index contributed by atoms with van der Waals surface area (Å²) in [6.45, 7) is 2.20. The highest BCUT2D eigenvalue weighted by molar-refractivity contribution is 8.14. The van der Waals surface area contributed by atoms with Gasteiger partial charge in [0.1, 0.15) is 16.3 Å². The van der Waals surface area contributed by atoms with Crippen LogP contribution in [0, 0.1) is 0 Å². The molecule has 0 saturated carbocycles. The topological polar surface area (TPSA) is 73.1 Å². The average molecular weight is 340 g/mol. The van der Waals surface area contributed by atoms with E-state index in [0.717, 1.165) is 16.4 Å². The van der Waals surface area contributed by atoms with Crippen LogP contribution < -0.4 is 0 Å². The molecule has 0 aromatic heterocycles. The van der Waals surface area contributed by atoms with E-state index >= 15 is 0 Å². The van der Waals surface area contributed by atoms with E-state index < -0.39 is 11.5 Å². The van der Waals surface area contributed by atoms with Crippen molar-refractivity contribution < 1.29 is 15.0 Å². The van der Waals surface area contributed by atoms with Crippen LogP contribution in [0.1, 0.15) is 12.5 Å². The highest BCUT2D eigenvalue weighted by atomic mass is 32.2. The molecular weight excluding hydrogens is 320 g/mol. The lowest BCUT2D eigenvalue weighted by Gasteiger charge is -2.34. The third kappa shape index (κ3) is 3.42. The number of thioether (sulfide) groups is 1. The molecule has 1 aliphatic heterocycles. The Labute approximate surface area is 139 Å². The zero-order chi connectivity index (χ0) is 16.3. The van der Waals surface area contributed by atoms with Crippen LogP contribution in [0.2, 0.25) is 0 Å². The van der Waals surface area contributed by atoms with Gasteiger partial charge < -0.3 is 10.2 Å². The normalized spacial score (nSPS) is 20.7. The minimum absolute atomic E-state index is 0.00293. The first-order chi connectivity index (χ1) is 10.4. The van der Waals surface area contributed by atoms with E-state index in [2.05, 4.69) is 17.6 Å². The molecule has 0 bridgehead atoms. The van der Waals surface area contributed by atoms with Gasteiger partial charge in [0.25, 0.3) is 0 Å². The average Bonchev–Trinajstić information content (AvgIpc) is 2.94. The number of aliphatic imine (C=N–C) groups is 1. The molecule has 0 unspecified atom stereocenters. The lowest BCUT2D eigenvalue weighted by atomic mass is 10.0. The monoisotopic (exact) mass is 340 g/mol. The maximum absolute atomic E-state index is 11.4. The van der Waals surface area contributed by atoms with Gasteiger partial charge in [-0.1, -0.05) is 12.1 Å². The SMILES string of the molecule is CN(C[C@@H]1CSC(c2ccccc2O)=N1)[C@](C)(CS)C(=O)O. The maximum atomic E-state index is 11.4. The number of hydrogen-bond donors (Lipinski definition) is 3. The van der Waals surface area contributed by atoms with Crippen molar-refractivity contribution in [1.82, 2.24) is 4.90 Å². The van der Waals surface area contributed by atoms with Gasteiger partial charge in [0, 0.05) is 23.6 Å². The number of hydrogen-bond acceptors (Lipinski definition) is 6. The number of nitrogens with zero attached hydrogens (tertiary/aromatic N) is 2. The molecule has 1 aliphatic rings. The molecule has 1 heterocycles. The van der Waals surface area contributed by atoms with E-state index in [4.69, 9.17) is 0 Å². The number of phenols is 1. The lowest BCUT2D eigenvalue weighted by Crippen LogP contribution is -2.54. The van der Waals surface area contributed by atoms with Gasteiger partial charge in [-0.2, -0.15) is 12.6 Å². The number of phenolic OH excluding ortho intramolecular Hbond substituents is 1. The van der Waals surface area contributed by atoms with E-state index in [1.54, 1.807) is 42.8 Å². The second kappa shape index (κ2) is 6.93. The Bertz CT molecular complexity index is 594. The predicted molar refractivity (Wildman–Crippen MR) is 93.4 cm³/mol. The Morgan fingerprint density at radius 3 is 2.82 bits per heavy atom. The van der Waals surface area contributed by atoms with Crippen LogP contribution in [0.15, 0.2) is 29.3 Å². The Balaban J connectivity index is 2.10. The van der Waals surface area contributed by atoms with Crippen molar-refractivity contribution in [2.75, 3.05) is 25.1 Å². The van der Waals surface area contributed by atoms with Crippen molar-refractivity contribution in [2.45, 2.75) is 18.5 Å². The summed E-state index contributed by atoms with van der Waals surface area (Å²) in [5.74, 6) is 0.333. The summed E-state index contributed by atoms with van der Waals surface area (Å²) in [6, 6.07) is 7.11. The number of carboxylic acids is 1. The second-order valence-electron chi connectivity index (χ2n) is 5.53. The first-order valence-corrected chi connectivity index (χ1v) is 8.54. The second-order valence-corrected chi connectivity index (χ2v) is 6.86. The number of carboxylic acid groups (broad SMARTS) is 1. The quantitative estimate of drug-likeness (QED) is 0.691. The minimum atomic E-state index is -1.01. The van der Waals surface area contributed by atoms with Crippen molar-refractivity contribution >= 4 is 35.4 Å². The summed E-state index contributed by atoms with van der Waals surface area (Å²) in [4.78, 5) is 17.8. The van der Waals surface area contributed by atoms with Crippen molar-refractivity contribution in [3.8, 4) is 5.75 Å². The van der Waals surface area contributed by atoms with Gasteiger partial charge in [0.2, 0.25) is 0 Å². The summed E-state index contributed by atoms with van der Waals surface area (Å²) < 4.78 is 0. The Morgan fingerprint density at radius 2 is 2.23 bits per heavy atom. The highest BCUT2D eigenvalue weighted by Gasteiger charge is 2.37. The molecule has 22 heavy (non-hydrogen) atoms. The van der Waals surface area contributed by atoms with Crippen molar-refractivity contribution in [1.29, 1.82) is 0 Å². The zero-order valence-corrected chi connectivity index (χ0v) is 14.3. The van der Waals surface area contributed by atoms with Crippen LogP contribution in [0.5, 0.6) is 5.75 Å². The molecule has 0 saturated heterocycles. The van der Waals surface area contributed by atoms with Gasteiger partial charge in [-0.3, -0.25) is 14.7 Å². The predicted octanol–water partition coefficient (Wildman–Crippen LogP) is 1.96. The fraction of sp³-hybridized carbons (Fsp3) is 0.467. The fourth-order valence-electron chi connectivity index (χ4n) is 2.18. The van der Waals surface area contributed by atoms with Gasteiger partial charge in [-0.05, 0) is 26.1 Å². The lowest BCUT2D eigenvalue weighted by molar-refractivity contribution is -0.148. The molecule has 7 heteroatoms. The summed E-state index contributed by atoms with van der Waals surface area (Å²) in [6.07, 6.45) is 0. The summed E-state index contributed by atoms with van der Waals surface area (Å²) >= 11 is 5.75. The summed E-state index contributed by atoms with van der Waals surface area (Å²) in [5.41, 5.74) is -0.283. The molecular formula is C15H20N2O3S2. The molecule has 0 spiro atoms. The molecule has 0 aliphatic carbocycles. The fourth-order valence-corrected chi connectivity index (χ4v) is 3.64. The van der Waals surface area contributed by atoms with Crippen molar-refractivity contribution in [3.63, 3.8) is 0 Å². The van der Waals surface area contributed by atoms with Crippen LogP contribution in [0.4, 0.5) is 0 Å². The van der Waals surface area contributed by atoms with E-state index in [1.807, 2.05) is 12.1 Å². The highest BCUT2D eigenvalue weighted by Crippen LogP contribution is 2.29. The minimum Gasteiger partial charge on any atom is -0.507 e. The number of rotatable bonds is 6. The van der Waals surface area contributed by atoms with E-state index in [1.165, 1.54) is 0 Å². The first-order valence-electron chi connectivity index (χ1n) is 6.93. The Kier molecular flexibility index (Phi) is 5.41. The number of likely N-dealkylation sites (N-methyl/N-ethyl adjacent to an activating group) is 1. The molecule has 0 fully saturated rings. The molecule has 0 radical (unpaired) electrons. The first kappa shape index (κ1) is 17.2. The van der Waals surface area contributed by atoms with Crippen LogP contribution in [-0.4, -0.2) is 62.8 Å². The molecule has 0 amide bonds. The molecule has 2 rings (SSSR count). The summed E-state index contributed by atoms with van der Waals surface area (Å²) in [7, 11) is 1.78. The van der Waals surface area contributed by atoms with Crippen molar-refractivity contribution in [2.24, 2.45) is 4.99 Å². The van der Waals surface area contributed by atoms with Gasteiger partial charge in [0.15, 0.2) is 0 Å². The molecule has 2 atom stereocenters. The van der Waals surface area contributed by atoms with Gasteiger partial charge in [-0.15, -0.1) is 11.8 Å². The standard InChI is InChI=1S/C15H20N2O3S2/c1-15(9-21,14(19)20)17(2)7-10-8-22-13(16-10)11-5-3-4-6-12(11)18/h3-6,10,18,21H,7-9H2,1-2H3,(H,19,20)/t10-,15-/m1/s1. The number of benzene rings is 1. The molecule has 120 valence electrons. The van der Waals surface area contributed by atoms with Gasteiger partial charge in [0.05, 0.1) is 6.04 Å². The molecule has 5 nitrogen and oxygen atoms in total. The molecule has 2 N–H and O–H groups in total. The third-order valence-electron chi connectivity index (χ3n) is 3.94. The third-order valence-corrected chi connectivity index (χ3v) is 5.71. The van der Waals surface area contributed by atoms with E-state index in [9.17, 15) is 15.0 Å². The van der Waals surface area contributed by atoms with Crippen LogP contribution in [-0.2, 0) is 4.79 Å². The Morgan fingerprint density at radius 1 is 1.55 bits per heavy atom.